The molecule has 1 aliphatic rings. The zero-order valence-electron chi connectivity index (χ0n) is 13.7. The zero-order chi connectivity index (χ0) is 18.9. The first kappa shape index (κ1) is 18.1. The van der Waals surface area contributed by atoms with E-state index >= 15 is 0 Å². The average Bonchev–Trinajstić information content (AvgIpc) is 3.07. The Labute approximate surface area is 146 Å². The summed E-state index contributed by atoms with van der Waals surface area (Å²) in [6, 6.07) is 3.82. The lowest BCUT2D eigenvalue weighted by Gasteiger charge is -2.24. The summed E-state index contributed by atoms with van der Waals surface area (Å²) in [5.41, 5.74) is -2.19. The Morgan fingerprint density at radius 1 is 1.31 bits per heavy atom. The maximum Gasteiger partial charge on any atom is 0.433 e. The summed E-state index contributed by atoms with van der Waals surface area (Å²) in [7, 11) is 1.27. The van der Waals surface area contributed by atoms with Gasteiger partial charge in [-0.15, -0.1) is 0 Å². The van der Waals surface area contributed by atoms with Gasteiger partial charge in [0.05, 0.1) is 6.54 Å². The number of rotatable bonds is 4. The molecule has 0 saturated carbocycles. The minimum absolute atomic E-state index is 0.000637. The third kappa shape index (κ3) is 3.32. The lowest BCUT2D eigenvalue weighted by atomic mass is 10.0. The van der Waals surface area contributed by atoms with E-state index in [2.05, 4.69) is 15.0 Å². The SMILES string of the molecule is COC1(C(=O)O)CCN(c2cc(C(F)(F)F)nc(-c3ccncc3)n2)C1. The van der Waals surface area contributed by atoms with Crippen LogP contribution >= 0.6 is 0 Å². The first-order chi connectivity index (χ1) is 12.2. The number of carboxylic acid groups (broad SMARTS) is 1. The number of aliphatic carboxylic acids is 1. The molecule has 7 nitrogen and oxygen atoms in total. The number of methoxy groups -OCH3 is 1. The summed E-state index contributed by atoms with van der Waals surface area (Å²) < 4.78 is 44.9. The van der Waals surface area contributed by atoms with Crippen molar-refractivity contribution in [1.82, 2.24) is 15.0 Å². The second-order valence-corrected chi connectivity index (χ2v) is 5.84. The second kappa shape index (κ2) is 6.52. The van der Waals surface area contributed by atoms with Gasteiger partial charge in [0.15, 0.2) is 17.1 Å². The van der Waals surface area contributed by atoms with E-state index in [0.717, 1.165) is 6.07 Å². The van der Waals surface area contributed by atoms with E-state index < -0.39 is 23.4 Å². The number of hydrogen-bond donors (Lipinski definition) is 1. The molecular weight excluding hydrogens is 353 g/mol. The van der Waals surface area contributed by atoms with E-state index in [9.17, 15) is 23.1 Å². The Bertz CT molecular complexity index is 816. The molecule has 1 fully saturated rings. The highest BCUT2D eigenvalue weighted by atomic mass is 19.4. The minimum Gasteiger partial charge on any atom is -0.479 e. The van der Waals surface area contributed by atoms with Gasteiger partial charge in [-0.05, 0) is 12.1 Å². The topological polar surface area (TPSA) is 88.4 Å². The van der Waals surface area contributed by atoms with Crippen molar-refractivity contribution in [2.75, 3.05) is 25.1 Å². The number of halogens is 3. The van der Waals surface area contributed by atoms with Crippen LogP contribution in [0.15, 0.2) is 30.6 Å². The molecule has 0 aliphatic carbocycles. The fourth-order valence-corrected chi connectivity index (χ4v) is 2.78. The molecule has 1 aliphatic heterocycles. The number of pyridine rings is 1. The van der Waals surface area contributed by atoms with Crippen molar-refractivity contribution in [3.8, 4) is 11.4 Å². The second-order valence-electron chi connectivity index (χ2n) is 5.84. The van der Waals surface area contributed by atoms with Crippen LogP contribution in [0, 0.1) is 0 Å². The Kier molecular flexibility index (Phi) is 4.53. The van der Waals surface area contributed by atoms with Gasteiger partial charge in [-0.1, -0.05) is 0 Å². The monoisotopic (exact) mass is 368 g/mol. The molecule has 0 bridgehead atoms. The number of aromatic nitrogens is 3. The van der Waals surface area contributed by atoms with Gasteiger partial charge in [0.1, 0.15) is 5.82 Å². The first-order valence-corrected chi connectivity index (χ1v) is 7.65. The Hall–Kier alpha value is -2.75. The number of ether oxygens (including phenoxy) is 1. The molecule has 1 saturated heterocycles. The molecular formula is C16H15F3N4O3. The normalized spacial score (nSPS) is 20.4. The summed E-state index contributed by atoms with van der Waals surface area (Å²) in [4.78, 5) is 24.6. The molecule has 0 aromatic carbocycles. The lowest BCUT2D eigenvalue weighted by Crippen LogP contribution is -2.43. The molecule has 2 aromatic heterocycles. The van der Waals surface area contributed by atoms with Crippen molar-refractivity contribution in [2.45, 2.75) is 18.2 Å². The quantitative estimate of drug-likeness (QED) is 0.885. The molecule has 2 aromatic rings. The maximum absolute atomic E-state index is 13.3. The number of alkyl halides is 3. The van der Waals surface area contributed by atoms with Crippen LogP contribution in [0.5, 0.6) is 0 Å². The Morgan fingerprint density at radius 3 is 2.54 bits per heavy atom. The van der Waals surface area contributed by atoms with Crippen LogP contribution in [0.3, 0.4) is 0 Å². The summed E-state index contributed by atoms with van der Waals surface area (Å²) in [5, 5.41) is 9.37. The molecule has 0 amide bonds. The van der Waals surface area contributed by atoms with Crippen LogP contribution in [0.2, 0.25) is 0 Å². The van der Waals surface area contributed by atoms with Crippen molar-refractivity contribution in [2.24, 2.45) is 0 Å². The first-order valence-electron chi connectivity index (χ1n) is 7.65. The standard InChI is InChI=1S/C16H15F3N4O3/c1-26-15(14(24)25)4-7-23(9-15)12-8-11(16(17,18)19)21-13(22-12)10-2-5-20-6-3-10/h2-3,5-6,8H,4,7,9H2,1H3,(H,24,25). The molecule has 138 valence electrons. The van der Waals surface area contributed by atoms with Gasteiger partial charge in [0.2, 0.25) is 0 Å². The molecule has 1 atom stereocenters. The molecule has 3 heterocycles. The van der Waals surface area contributed by atoms with Crippen molar-refractivity contribution in [3.63, 3.8) is 0 Å². The van der Waals surface area contributed by atoms with Gasteiger partial charge in [-0.2, -0.15) is 13.2 Å². The van der Waals surface area contributed by atoms with E-state index in [-0.39, 0.29) is 31.2 Å². The number of carbonyl (C=O) groups is 1. The van der Waals surface area contributed by atoms with Crippen LogP contribution in [-0.2, 0) is 15.7 Å². The molecule has 0 radical (unpaired) electrons. The van der Waals surface area contributed by atoms with Gasteiger partial charge >= 0.3 is 12.1 Å². The lowest BCUT2D eigenvalue weighted by molar-refractivity contribution is -0.159. The maximum atomic E-state index is 13.3. The molecule has 26 heavy (non-hydrogen) atoms. The third-order valence-electron chi connectivity index (χ3n) is 4.28. The van der Waals surface area contributed by atoms with Crippen molar-refractivity contribution in [1.29, 1.82) is 0 Å². The molecule has 3 rings (SSSR count). The number of anilines is 1. The highest BCUT2D eigenvalue weighted by Gasteiger charge is 2.46. The summed E-state index contributed by atoms with van der Waals surface area (Å²) in [5.74, 6) is -1.27. The van der Waals surface area contributed by atoms with Crippen LogP contribution in [-0.4, -0.2) is 51.8 Å². The third-order valence-corrected chi connectivity index (χ3v) is 4.28. The Balaban J connectivity index is 2.04. The van der Waals surface area contributed by atoms with Gasteiger partial charge in [-0.3, -0.25) is 4.98 Å². The minimum atomic E-state index is -4.66. The van der Waals surface area contributed by atoms with E-state index in [1.807, 2.05) is 0 Å². The van der Waals surface area contributed by atoms with Crippen LogP contribution in [0.1, 0.15) is 12.1 Å². The number of carboxylic acids is 1. The largest absolute Gasteiger partial charge is 0.479 e. The number of hydrogen-bond acceptors (Lipinski definition) is 6. The van der Waals surface area contributed by atoms with E-state index in [1.54, 1.807) is 0 Å². The van der Waals surface area contributed by atoms with Gasteiger partial charge < -0.3 is 14.7 Å². The van der Waals surface area contributed by atoms with Crippen molar-refractivity contribution < 1.29 is 27.8 Å². The fourth-order valence-electron chi connectivity index (χ4n) is 2.78. The van der Waals surface area contributed by atoms with Crippen LogP contribution in [0.25, 0.3) is 11.4 Å². The smallest absolute Gasteiger partial charge is 0.433 e. The van der Waals surface area contributed by atoms with E-state index in [4.69, 9.17) is 4.74 Å². The van der Waals surface area contributed by atoms with Gasteiger partial charge in [-0.25, -0.2) is 14.8 Å². The number of nitrogens with zero attached hydrogens (tertiary/aromatic N) is 4. The molecule has 1 N–H and O–H groups in total. The van der Waals surface area contributed by atoms with E-state index in [1.165, 1.54) is 36.5 Å². The average molecular weight is 368 g/mol. The molecule has 1 unspecified atom stereocenters. The summed E-state index contributed by atoms with van der Waals surface area (Å²) in [6.07, 6.45) is -1.68. The molecule has 0 spiro atoms. The van der Waals surface area contributed by atoms with Gasteiger partial charge in [0, 0.05) is 44.1 Å². The fraction of sp³-hybridized carbons (Fsp3) is 0.375. The van der Waals surface area contributed by atoms with Gasteiger partial charge in [0.25, 0.3) is 0 Å². The Morgan fingerprint density at radius 2 is 2.00 bits per heavy atom. The predicted molar refractivity (Wildman–Crippen MR) is 84.5 cm³/mol. The van der Waals surface area contributed by atoms with Crippen LogP contribution < -0.4 is 4.90 Å². The summed E-state index contributed by atoms with van der Waals surface area (Å²) >= 11 is 0. The van der Waals surface area contributed by atoms with E-state index in [0.29, 0.717) is 5.56 Å². The van der Waals surface area contributed by atoms with Crippen molar-refractivity contribution >= 4 is 11.8 Å². The van der Waals surface area contributed by atoms with Crippen LogP contribution in [0.4, 0.5) is 19.0 Å². The predicted octanol–water partition coefficient (Wildman–Crippen LogP) is 2.24. The molecule has 10 heteroatoms. The highest BCUT2D eigenvalue weighted by molar-refractivity contribution is 5.79. The van der Waals surface area contributed by atoms with Crippen molar-refractivity contribution in [3.05, 3.63) is 36.3 Å². The summed E-state index contributed by atoms with van der Waals surface area (Å²) in [6.45, 7) is 0.0904. The zero-order valence-corrected chi connectivity index (χ0v) is 13.7. The highest BCUT2D eigenvalue weighted by Crippen LogP contribution is 2.34.